The molecule has 1 aliphatic rings. The molecule has 1 unspecified atom stereocenters. The molecule has 1 aliphatic heterocycles. The van der Waals surface area contributed by atoms with Crippen LogP contribution >= 0.6 is 11.8 Å². The van der Waals surface area contributed by atoms with E-state index in [9.17, 15) is 19.3 Å². The van der Waals surface area contributed by atoms with Crippen molar-refractivity contribution < 1.29 is 18.8 Å². The molecule has 198 valence electrons. The fourth-order valence-electron chi connectivity index (χ4n) is 4.27. The largest absolute Gasteiger partial charge is 0.495 e. The van der Waals surface area contributed by atoms with Gasteiger partial charge in [0, 0.05) is 23.6 Å². The maximum absolute atomic E-state index is 14.1. The summed E-state index contributed by atoms with van der Waals surface area (Å²) in [5.41, 5.74) is 2.41. The number of ether oxygens (including phenoxy) is 1. The Morgan fingerprint density at radius 3 is 2.59 bits per heavy atom. The predicted molar refractivity (Wildman–Crippen MR) is 145 cm³/mol. The highest BCUT2D eigenvalue weighted by molar-refractivity contribution is 7.98. The number of hydrogen-bond donors (Lipinski definition) is 2. The summed E-state index contributed by atoms with van der Waals surface area (Å²) in [7, 11) is 1.51. The van der Waals surface area contributed by atoms with Gasteiger partial charge >= 0.3 is 0 Å². The van der Waals surface area contributed by atoms with Crippen molar-refractivity contribution >= 4 is 35.0 Å². The predicted octanol–water partition coefficient (Wildman–Crippen LogP) is 5.55. The summed E-state index contributed by atoms with van der Waals surface area (Å²) < 4.78 is 21.1. The minimum atomic E-state index is -0.743. The summed E-state index contributed by atoms with van der Waals surface area (Å²) >= 11 is 1.26. The van der Waals surface area contributed by atoms with Gasteiger partial charge in [-0.1, -0.05) is 42.1 Å². The van der Waals surface area contributed by atoms with Crippen LogP contribution in [-0.2, 0) is 10.5 Å². The van der Waals surface area contributed by atoms with E-state index in [1.54, 1.807) is 66.2 Å². The normalized spacial score (nSPS) is 14.4. The van der Waals surface area contributed by atoms with Gasteiger partial charge in [0.05, 0.1) is 23.3 Å². The van der Waals surface area contributed by atoms with E-state index in [1.165, 1.54) is 37.1 Å². The van der Waals surface area contributed by atoms with Gasteiger partial charge in [-0.15, -0.1) is 5.10 Å². The van der Waals surface area contributed by atoms with Gasteiger partial charge < -0.3 is 15.4 Å². The summed E-state index contributed by atoms with van der Waals surface area (Å²) in [6.07, 6.45) is 0. The fourth-order valence-corrected chi connectivity index (χ4v) is 5.08. The number of aromatic nitrogens is 3. The van der Waals surface area contributed by atoms with E-state index in [-0.39, 0.29) is 11.5 Å². The van der Waals surface area contributed by atoms with Crippen molar-refractivity contribution in [3.8, 4) is 5.75 Å². The van der Waals surface area contributed by atoms with Gasteiger partial charge in [-0.3, -0.25) is 14.9 Å². The second kappa shape index (κ2) is 11.0. The van der Waals surface area contributed by atoms with Gasteiger partial charge in [0.15, 0.2) is 0 Å². The third kappa shape index (κ3) is 5.32. The number of hydrogen-bond acceptors (Lipinski definition) is 8. The number of rotatable bonds is 8. The summed E-state index contributed by atoms with van der Waals surface area (Å²) in [5.74, 6) is 0.471. The monoisotopic (exact) mass is 546 g/mol. The Bertz CT molecular complexity index is 1590. The Hall–Kier alpha value is -4.71. The van der Waals surface area contributed by atoms with Crippen molar-refractivity contribution in [2.24, 2.45) is 0 Å². The summed E-state index contributed by atoms with van der Waals surface area (Å²) in [6, 6.07) is 18.7. The van der Waals surface area contributed by atoms with Crippen LogP contribution in [0, 0.1) is 15.9 Å². The third-order valence-electron chi connectivity index (χ3n) is 6.17. The lowest BCUT2D eigenvalue weighted by Crippen LogP contribution is -2.31. The molecule has 12 heteroatoms. The van der Waals surface area contributed by atoms with Crippen LogP contribution in [0.25, 0.3) is 0 Å². The number of non-ortho nitro benzene ring substituents is 1. The average Bonchev–Trinajstić information content (AvgIpc) is 3.34. The highest BCUT2D eigenvalue weighted by Crippen LogP contribution is 2.38. The van der Waals surface area contributed by atoms with Crippen molar-refractivity contribution in [1.82, 2.24) is 14.8 Å². The number of methoxy groups -OCH3 is 1. The zero-order valence-electron chi connectivity index (χ0n) is 20.9. The smallest absolute Gasteiger partial charge is 0.269 e. The molecule has 1 aromatic heterocycles. The highest BCUT2D eigenvalue weighted by atomic mass is 32.2. The number of anilines is 2. The molecule has 0 spiro atoms. The van der Waals surface area contributed by atoms with E-state index in [0.29, 0.717) is 50.7 Å². The van der Waals surface area contributed by atoms with Crippen LogP contribution in [0.15, 0.2) is 89.2 Å². The van der Waals surface area contributed by atoms with Crippen molar-refractivity contribution in [1.29, 1.82) is 0 Å². The number of para-hydroxylation sites is 2. The molecule has 1 atom stereocenters. The SMILES string of the molecule is COc1ccccc1NC(=O)C1=C(C)Nc2nc(SCc3ccccc3F)nn2C1c1ccc([N+](=O)[O-])cc1. The van der Waals surface area contributed by atoms with Gasteiger partial charge in [0.1, 0.15) is 17.6 Å². The first-order valence-corrected chi connectivity index (χ1v) is 12.8. The molecular formula is C27H23FN6O4S. The zero-order chi connectivity index (χ0) is 27.5. The van der Waals surface area contributed by atoms with Gasteiger partial charge in [-0.05, 0) is 48.4 Å². The van der Waals surface area contributed by atoms with E-state index in [0.717, 1.165) is 0 Å². The van der Waals surface area contributed by atoms with Crippen molar-refractivity contribution in [3.05, 3.63) is 111 Å². The molecule has 2 N–H and O–H groups in total. The first-order chi connectivity index (χ1) is 18.9. The Kier molecular flexibility index (Phi) is 7.28. The van der Waals surface area contributed by atoms with Crippen molar-refractivity contribution in [2.75, 3.05) is 17.7 Å². The maximum Gasteiger partial charge on any atom is 0.269 e. The molecule has 39 heavy (non-hydrogen) atoms. The number of halogens is 1. The number of carbonyl (C=O) groups is 1. The lowest BCUT2D eigenvalue weighted by molar-refractivity contribution is -0.384. The molecule has 0 bridgehead atoms. The molecule has 10 nitrogen and oxygen atoms in total. The first kappa shape index (κ1) is 25.9. The summed E-state index contributed by atoms with van der Waals surface area (Å²) in [6.45, 7) is 1.75. The number of allylic oxidation sites excluding steroid dienone is 1. The number of nitrogens with one attached hydrogen (secondary N) is 2. The molecule has 2 heterocycles. The number of benzene rings is 3. The summed E-state index contributed by atoms with van der Waals surface area (Å²) in [5, 5.41) is 22.3. The Morgan fingerprint density at radius 2 is 1.87 bits per heavy atom. The van der Waals surface area contributed by atoms with E-state index in [1.807, 2.05) is 0 Å². The molecular weight excluding hydrogens is 523 g/mol. The quantitative estimate of drug-likeness (QED) is 0.167. The highest BCUT2D eigenvalue weighted by Gasteiger charge is 2.35. The number of carbonyl (C=O) groups excluding carboxylic acids is 1. The van der Waals surface area contributed by atoms with Crippen LogP contribution in [0.5, 0.6) is 5.75 Å². The van der Waals surface area contributed by atoms with E-state index >= 15 is 0 Å². The number of nitro benzene ring substituents is 1. The Labute approximate surface area is 227 Å². The maximum atomic E-state index is 14.1. The van der Waals surface area contributed by atoms with E-state index in [2.05, 4.69) is 20.7 Å². The molecule has 0 radical (unpaired) electrons. The van der Waals surface area contributed by atoms with E-state index < -0.39 is 16.9 Å². The third-order valence-corrected chi connectivity index (χ3v) is 7.05. The van der Waals surface area contributed by atoms with Crippen LogP contribution in [-0.4, -0.2) is 32.7 Å². The standard InChI is InChI=1S/C27H23FN6O4S/c1-16-23(25(35)30-21-9-5-6-10-22(21)38-2)24(17-11-13-19(14-12-17)34(36)37)33-26(29-16)31-27(32-33)39-15-18-7-3-4-8-20(18)28/h3-14,24H,15H2,1-2H3,(H,30,35)(H,29,31,32). The minimum Gasteiger partial charge on any atom is -0.495 e. The first-order valence-electron chi connectivity index (χ1n) is 11.8. The second-order valence-electron chi connectivity index (χ2n) is 8.61. The molecule has 5 rings (SSSR count). The van der Waals surface area contributed by atoms with Crippen LogP contribution in [0.2, 0.25) is 0 Å². The second-order valence-corrected chi connectivity index (χ2v) is 9.55. The lowest BCUT2D eigenvalue weighted by atomic mass is 9.95. The number of nitrogens with zero attached hydrogens (tertiary/aromatic N) is 4. The Balaban J connectivity index is 1.52. The van der Waals surface area contributed by atoms with Crippen LogP contribution in [0.4, 0.5) is 21.7 Å². The minimum absolute atomic E-state index is 0.0756. The molecule has 0 fully saturated rings. The molecule has 3 aromatic carbocycles. The topological polar surface area (TPSA) is 124 Å². The van der Waals surface area contributed by atoms with Gasteiger partial charge in [0.2, 0.25) is 11.1 Å². The number of fused-ring (bicyclic) bond motifs is 1. The van der Waals surface area contributed by atoms with Crippen LogP contribution < -0.4 is 15.4 Å². The molecule has 0 saturated heterocycles. The number of nitro groups is 1. The Morgan fingerprint density at radius 1 is 1.15 bits per heavy atom. The van der Waals surface area contributed by atoms with Crippen molar-refractivity contribution in [3.63, 3.8) is 0 Å². The average molecular weight is 547 g/mol. The van der Waals surface area contributed by atoms with Crippen molar-refractivity contribution in [2.45, 2.75) is 23.9 Å². The lowest BCUT2D eigenvalue weighted by Gasteiger charge is -2.28. The number of amides is 1. The van der Waals surface area contributed by atoms with Gasteiger partial charge in [0.25, 0.3) is 11.6 Å². The fraction of sp³-hybridized carbons (Fsp3) is 0.148. The van der Waals surface area contributed by atoms with Gasteiger partial charge in [-0.2, -0.15) is 4.98 Å². The number of thioether (sulfide) groups is 1. The molecule has 4 aromatic rings. The molecule has 0 aliphatic carbocycles. The van der Waals surface area contributed by atoms with Crippen LogP contribution in [0.3, 0.4) is 0 Å². The van der Waals surface area contributed by atoms with Gasteiger partial charge in [-0.25, -0.2) is 9.07 Å². The van der Waals surface area contributed by atoms with E-state index in [4.69, 9.17) is 4.74 Å². The molecule has 0 saturated carbocycles. The zero-order valence-corrected chi connectivity index (χ0v) is 21.7. The summed E-state index contributed by atoms with van der Waals surface area (Å²) in [4.78, 5) is 29.0. The van der Waals surface area contributed by atoms with Crippen LogP contribution in [0.1, 0.15) is 24.1 Å². The molecule has 1 amide bonds.